The van der Waals surface area contributed by atoms with E-state index in [0.717, 1.165) is 17.1 Å². The van der Waals surface area contributed by atoms with E-state index in [9.17, 15) is 0 Å². The van der Waals surface area contributed by atoms with Gasteiger partial charge in [0.05, 0.1) is 0 Å². The van der Waals surface area contributed by atoms with Gasteiger partial charge in [0, 0.05) is 5.69 Å². The molecule has 1 N–H and O–H groups in total. The molecule has 0 saturated heterocycles. The van der Waals surface area contributed by atoms with Crippen molar-refractivity contribution >= 4 is 23.1 Å². The molecule has 0 atom stereocenters. The standard InChI is InChI=1S/C14H15ClN2/c1-9-4-5-12(11(3)6-9)16-14-8-10(2)7-13(15)17-14/h4-8H,1-3H3,(H,16,17). The van der Waals surface area contributed by atoms with E-state index >= 15 is 0 Å². The van der Waals surface area contributed by atoms with Gasteiger partial charge >= 0.3 is 0 Å². The summed E-state index contributed by atoms with van der Waals surface area (Å²) in [7, 11) is 0. The molecule has 0 unspecified atom stereocenters. The summed E-state index contributed by atoms with van der Waals surface area (Å²) < 4.78 is 0. The quantitative estimate of drug-likeness (QED) is 0.795. The highest BCUT2D eigenvalue weighted by Gasteiger charge is 2.02. The second-order valence-corrected chi connectivity index (χ2v) is 4.68. The van der Waals surface area contributed by atoms with Crippen LogP contribution in [-0.2, 0) is 0 Å². The third-order valence-corrected chi connectivity index (χ3v) is 2.78. The van der Waals surface area contributed by atoms with Crippen molar-refractivity contribution in [1.29, 1.82) is 0 Å². The van der Waals surface area contributed by atoms with Crippen molar-refractivity contribution < 1.29 is 0 Å². The van der Waals surface area contributed by atoms with Crippen LogP contribution in [0.4, 0.5) is 11.5 Å². The van der Waals surface area contributed by atoms with Gasteiger partial charge in [-0.15, -0.1) is 0 Å². The number of hydrogen-bond donors (Lipinski definition) is 1. The summed E-state index contributed by atoms with van der Waals surface area (Å²) in [6.07, 6.45) is 0. The molecule has 0 fully saturated rings. The Kier molecular flexibility index (Phi) is 3.34. The van der Waals surface area contributed by atoms with Crippen LogP contribution in [0.5, 0.6) is 0 Å². The fourth-order valence-electron chi connectivity index (χ4n) is 1.78. The van der Waals surface area contributed by atoms with E-state index in [-0.39, 0.29) is 0 Å². The average molecular weight is 247 g/mol. The Morgan fingerprint density at radius 1 is 1.00 bits per heavy atom. The number of hydrogen-bond acceptors (Lipinski definition) is 2. The van der Waals surface area contributed by atoms with Gasteiger partial charge in [-0.05, 0) is 50.1 Å². The lowest BCUT2D eigenvalue weighted by molar-refractivity contribution is 1.26. The molecule has 0 spiro atoms. The van der Waals surface area contributed by atoms with Crippen LogP contribution >= 0.6 is 11.6 Å². The molecule has 1 heterocycles. The second kappa shape index (κ2) is 4.76. The molecule has 0 radical (unpaired) electrons. The van der Waals surface area contributed by atoms with Crippen molar-refractivity contribution in [2.45, 2.75) is 20.8 Å². The number of aromatic nitrogens is 1. The molecule has 2 rings (SSSR count). The summed E-state index contributed by atoms with van der Waals surface area (Å²) in [4.78, 5) is 4.25. The van der Waals surface area contributed by atoms with Gasteiger partial charge in [0.2, 0.25) is 0 Å². The van der Waals surface area contributed by atoms with E-state index in [4.69, 9.17) is 11.6 Å². The highest BCUT2D eigenvalue weighted by Crippen LogP contribution is 2.22. The number of rotatable bonds is 2. The fraction of sp³-hybridized carbons (Fsp3) is 0.214. The lowest BCUT2D eigenvalue weighted by Gasteiger charge is -2.10. The molecule has 0 amide bonds. The normalized spacial score (nSPS) is 10.4. The summed E-state index contributed by atoms with van der Waals surface area (Å²) >= 11 is 5.93. The van der Waals surface area contributed by atoms with Gasteiger partial charge in [-0.1, -0.05) is 29.3 Å². The molecule has 0 aliphatic heterocycles. The summed E-state index contributed by atoms with van der Waals surface area (Å²) in [6, 6.07) is 10.1. The molecular weight excluding hydrogens is 232 g/mol. The Labute approximate surface area is 107 Å². The number of anilines is 2. The summed E-state index contributed by atoms with van der Waals surface area (Å²) in [5, 5.41) is 3.80. The van der Waals surface area contributed by atoms with Crippen LogP contribution in [-0.4, -0.2) is 4.98 Å². The first-order valence-electron chi connectivity index (χ1n) is 5.53. The maximum absolute atomic E-state index is 5.93. The number of pyridine rings is 1. The molecule has 0 aliphatic carbocycles. The van der Waals surface area contributed by atoms with Crippen LogP contribution in [0.3, 0.4) is 0 Å². The Morgan fingerprint density at radius 3 is 2.41 bits per heavy atom. The largest absolute Gasteiger partial charge is 0.340 e. The zero-order chi connectivity index (χ0) is 12.4. The predicted molar refractivity (Wildman–Crippen MR) is 73.2 cm³/mol. The molecule has 0 saturated carbocycles. The summed E-state index contributed by atoms with van der Waals surface area (Å²) in [5.41, 5.74) is 4.61. The molecule has 1 aromatic carbocycles. The van der Waals surface area contributed by atoms with Crippen LogP contribution in [0.25, 0.3) is 0 Å². The van der Waals surface area contributed by atoms with Gasteiger partial charge in [-0.3, -0.25) is 0 Å². The molecule has 2 aromatic rings. The Bertz CT molecular complexity index is 530. The summed E-state index contributed by atoms with van der Waals surface area (Å²) in [5.74, 6) is 0.780. The maximum Gasteiger partial charge on any atom is 0.132 e. The lowest BCUT2D eigenvalue weighted by atomic mass is 10.1. The Balaban J connectivity index is 2.31. The first-order valence-corrected chi connectivity index (χ1v) is 5.91. The van der Waals surface area contributed by atoms with Gasteiger partial charge in [0.1, 0.15) is 11.0 Å². The smallest absolute Gasteiger partial charge is 0.132 e. The van der Waals surface area contributed by atoms with Gasteiger partial charge in [0.25, 0.3) is 0 Å². The minimum Gasteiger partial charge on any atom is -0.340 e. The second-order valence-electron chi connectivity index (χ2n) is 4.30. The summed E-state index contributed by atoms with van der Waals surface area (Å²) in [6.45, 7) is 6.16. The third kappa shape index (κ3) is 2.98. The van der Waals surface area contributed by atoms with Gasteiger partial charge in [-0.2, -0.15) is 0 Å². The van der Waals surface area contributed by atoms with Crippen LogP contribution in [0.15, 0.2) is 30.3 Å². The maximum atomic E-state index is 5.93. The van der Waals surface area contributed by atoms with Crippen LogP contribution in [0.1, 0.15) is 16.7 Å². The zero-order valence-corrected chi connectivity index (χ0v) is 11.0. The monoisotopic (exact) mass is 246 g/mol. The van der Waals surface area contributed by atoms with Crippen LogP contribution in [0, 0.1) is 20.8 Å². The van der Waals surface area contributed by atoms with E-state index in [1.54, 1.807) is 0 Å². The Morgan fingerprint density at radius 2 is 1.76 bits per heavy atom. The highest BCUT2D eigenvalue weighted by molar-refractivity contribution is 6.29. The van der Waals surface area contributed by atoms with Crippen molar-refractivity contribution in [3.8, 4) is 0 Å². The lowest BCUT2D eigenvalue weighted by Crippen LogP contribution is -1.96. The number of nitrogens with one attached hydrogen (secondary N) is 1. The third-order valence-electron chi connectivity index (χ3n) is 2.58. The first-order chi connectivity index (χ1) is 8.04. The molecule has 2 nitrogen and oxygen atoms in total. The fourth-order valence-corrected chi connectivity index (χ4v) is 2.04. The predicted octanol–water partition coefficient (Wildman–Crippen LogP) is 4.40. The van der Waals surface area contributed by atoms with Crippen molar-refractivity contribution in [1.82, 2.24) is 4.98 Å². The molecule has 1 aromatic heterocycles. The van der Waals surface area contributed by atoms with Crippen molar-refractivity contribution in [2.75, 3.05) is 5.32 Å². The van der Waals surface area contributed by atoms with Crippen LogP contribution in [0.2, 0.25) is 5.15 Å². The molecule has 0 aliphatic rings. The van der Waals surface area contributed by atoms with E-state index in [1.165, 1.54) is 11.1 Å². The molecule has 17 heavy (non-hydrogen) atoms. The molecule has 3 heteroatoms. The molecular formula is C14H15ClN2. The molecule has 0 bridgehead atoms. The minimum absolute atomic E-state index is 0.511. The van der Waals surface area contributed by atoms with Crippen molar-refractivity contribution in [2.24, 2.45) is 0 Å². The molecule has 88 valence electrons. The minimum atomic E-state index is 0.511. The SMILES string of the molecule is Cc1cc(Cl)nc(Nc2ccc(C)cc2C)c1. The van der Waals surface area contributed by atoms with E-state index in [2.05, 4.69) is 42.3 Å². The van der Waals surface area contributed by atoms with E-state index < -0.39 is 0 Å². The number of aryl methyl sites for hydroxylation is 3. The van der Waals surface area contributed by atoms with Gasteiger partial charge in [0.15, 0.2) is 0 Å². The average Bonchev–Trinajstić information content (AvgIpc) is 2.21. The first kappa shape index (κ1) is 11.9. The zero-order valence-electron chi connectivity index (χ0n) is 10.2. The van der Waals surface area contributed by atoms with Gasteiger partial charge < -0.3 is 5.32 Å². The van der Waals surface area contributed by atoms with Crippen molar-refractivity contribution in [3.05, 3.63) is 52.2 Å². The number of benzene rings is 1. The number of halogens is 1. The number of nitrogens with zero attached hydrogens (tertiary/aromatic N) is 1. The highest BCUT2D eigenvalue weighted by atomic mass is 35.5. The topological polar surface area (TPSA) is 24.9 Å². The van der Waals surface area contributed by atoms with Crippen LogP contribution < -0.4 is 5.32 Å². The van der Waals surface area contributed by atoms with E-state index in [1.807, 2.05) is 19.1 Å². The van der Waals surface area contributed by atoms with E-state index in [0.29, 0.717) is 5.15 Å². The van der Waals surface area contributed by atoms with Gasteiger partial charge in [-0.25, -0.2) is 4.98 Å². The van der Waals surface area contributed by atoms with Crippen molar-refractivity contribution in [3.63, 3.8) is 0 Å². The Hall–Kier alpha value is -1.54.